The maximum Gasteiger partial charge on any atom is 0.325 e. The van der Waals surface area contributed by atoms with Gasteiger partial charge in [0.2, 0.25) is 5.91 Å². The number of imide groups is 1. The van der Waals surface area contributed by atoms with Crippen LogP contribution in [0.3, 0.4) is 0 Å². The molecule has 3 N–H and O–H groups in total. The van der Waals surface area contributed by atoms with Gasteiger partial charge in [0.1, 0.15) is 5.54 Å². The minimum Gasteiger partial charge on any atom is -0.481 e. The minimum absolute atomic E-state index is 0.0257. The highest BCUT2D eigenvalue weighted by Crippen LogP contribution is 2.15. The van der Waals surface area contributed by atoms with Gasteiger partial charge < -0.3 is 15.7 Å². The van der Waals surface area contributed by atoms with Crippen LogP contribution in [0.15, 0.2) is 0 Å². The first kappa shape index (κ1) is 16.3. The minimum atomic E-state index is -0.982. The van der Waals surface area contributed by atoms with Crippen LogP contribution in [0.4, 0.5) is 4.79 Å². The highest BCUT2D eigenvalue weighted by Gasteiger charge is 2.43. The molecule has 1 fully saturated rings. The summed E-state index contributed by atoms with van der Waals surface area (Å²) in [4.78, 5) is 46.0. The van der Waals surface area contributed by atoms with E-state index in [9.17, 15) is 19.2 Å². The Morgan fingerprint density at radius 2 is 2.00 bits per heavy atom. The number of hydrogen-bond donors (Lipinski definition) is 3. The molecule has 9 heteroatoms. The van der Waals surface area contributed by atoms with Gasteiger partial charge in [-0.2, -0.15) is 0 Å². The van der Waals surface area contributed by atoms with Gasteiger partial charge in [-0.05, 0) is 13.8 Å². The Hall–Kier alpha value is -1.77. The molecule has 8 nitrogen and oxygen atoms in total. The average molecular weight is 303 g/mol. The summed E-state index contributed by atoms with van der Waals surface area (Å²) in [7, 11) is 0. The van der Waals surface area contributed by atoms with E-state index in [2.05, 4.69) is 10.6 Å². The number of carbonyl (C=O) groups excluding carboxylic acids is 3. The van der Waals surface area contributed by atoms with Crippen molar-refractivity contribution in [1.29, 1.82) is 0 Å². The molecule has 20 heavy (non-hydrogen) atoms. The first-order chi connectivity index (χ1) is 9.24. The molecule has 1 heterocycles. The standard InChI is InChI=1S/C11H17N3O5S/c1-11(2)9(18)14(10(19)13-11)4-3-12-7(15)5-20-6-8(16)17/h3-6H2,1-2H3,(H,12,15)(H,13,19)(H,16,17). The van der Waals surface area contributed by atoms with Crippen molar-refractivity contribution in [3.8, 4) is 0 Å². The molecule has 0 unspecified atom stereocenters. The Labute approximate surface area is 120 Å². The van der Waals surface area contributed by atoms with Crippen LogP contribution < -0.4 is 10.6 Å². The number of rotatable bonds is 7. The van der Waals surface area contributed by atoms with E-state index in [1.165, 1.54) is 0 Å². The summed E-state index contributed by atoms with van der Waals surface area (Å²) in [5.41, 5.74) is -0.918. The second-order valence-electron chi connectivity index (χ2n) is 4.75. The average Bonchev–Trinajstić information content (AvgIpc) is 2.50. The molecule has 0 aromatic carbocycles. The Morgan fingerprint density at radius 1 is 1.35 bits per heavy atom. The van der Waals surface area contributed by atoms with Crippen molar-refractivity contribution in [1.82, 2.24) is 15.5 Å². The van der Waals surface area contributed by atoms with E-state index in [4.69, 9.17) is 5.11 Å². The van der Waals surface area contributed by atoms with Crippen LogP contribution in [0.1, 0.15) is 13.8 Å². The van der Waals surface area contributed by atoms with E-state index < -0.39 is 17.5 Å². The number of amides is 4. The zero-order chi connectivity index (χ0) is 15.3. The largest absolute Gasteiger partial charge is 0.481 e. The van der Waals surface area contributed by atoms with Crippen LogP contribution in [-0.4, -0.2) is 64.0 Å². The fraction of sp³-hybridized carbons (Fsp3) is 0.636. The molecule has 0 aromatic heterocycles. The van der Waals surface area contributed by atoms with Gasteiger partial charge in [-0.25, -0.2) is 4.79 Å². The summed E-state index contributed by atoms with van der Waals surface area (Å²) in [5, 5.41) is 13.5. The lowest BCUT2D eigenvalue weighted by Crippen LogP contribution is -2.42. The van der Waals surface area contributed by atoms with Crippen LogP contribution in [-0.2, 0) is 14.4 Å². The predicted molar refractivity (Wildman–Crippen MR) is 72.3 cm³/mol. The number of nitrogens with one attached hydrogen (secondary N) is 2. The molecule has 4 amide bonds. The smallest absolute Gasteiger partial charge is 0.325 e. The second kappa shape index (κ2) is 6.60. The zero-order valence-electron chi connectivity index (χ0n) is 11.3. The van der Waals surface area contributed by atoms with Crippen molar-refractivity contribution < 1.29 is 24.3 Å². The second-order valence-corrected chi connectivity index (χ2v) is 5.73. The number of carboxylic acids is 1. The molecule has 0 saturated carbocycles. The van der Waals surface area contributed by atoms with Crippen LogP contribution in [0.25, 0.3) is 0 Å². The summed E-state index contributed by atoms with van der Waals surface area (Å²) in [5.74, 6) is -1.77. The van der Waals surface area contributed by atoms with Crippen LogP contribution in [0.2, 0.25) is 0 Å². The molecule has 0 radical (unpaired) electrons. The highest BCUT2D eigenvalue weighted by molar-refractivity contribution is 8.00. The van der Waals surface area contributed by atoms with Crippen molar-refractivity contribution >= 4 is 35.6 Å². The number of nitrogens with zero attached hydrogens (tertiary/aromatic N) is 1. The summed E-state index contributed by atoms with van der Waals surface area (Å²) >= 11 is 0.982. The molecule has 0 aliphatic carbocycles. The van der Waals surface area contributed by atoms with Gasteiger partial charge in [-0.3, -0.25) is 19.3 Å². The maximum absolute atomic E-state index is 11.8. The quantitative estimate of drug-likeness (QED) is 0.533. The molecule has 0 atom stereocenters. The van der Waals surface area contributed by atoms with Gasteiger partial charge in [0.15, 0.2) is 0 Å². The normalized spacial score (nSPS) is 17.0. The monoisotopic (exact) mass is 303 g/mol. The van der Waals surface area contributed by atoms with Gasteiger partial charge in [0.25, 0.3) is 5.91 Å². The first-order valence-electron chi connectivity index (χ1n) is 5.94. The lowest BCUT2D eigenvalue weighted by atomic mass is 10.1. The predicted octanol–water partition coefficient (Wildman–Crippen LogP) is -0.749. The number of aliphatic carboxylic acids is 1. The van der Waals surface area contributed by atoms with E-state index in [1.807, 2.05) is 0 Å². The van der Waals surface area contributed by atoms with Crippen LogP contribution in [0, 0.1) is 0 Å². The Kier molecular flexibility index (Phi) is 5.37. The van der Waals surface area contributed by atoms with Gasteiger partial charge in [0, 0.05) is 13.1 Å². The molecule has 1 aliphatic heterocycles. The molecule has 0 aromatic rings. The van der Waals surface area contributed by atoms with Crippen LogP contribution >= 0.6 is 11.8 Å². The van der Waals surface area contributed by atoms with E-state index in [-0.39, 0.29) is 36.4 Å². The van der Waals surface area contributed by atoms with Crippen LogP contribution in [0.5, 0.6) is 0 Å². The number of thioether (sulfide) groups is 1. The molecule has 1 aliphatic rings. The van der Waals surface area contributed by atoms with Crippen molar-refractivity contribution in [3.05, 3.63) is 0 Å². The van der Waals surface area contributed by atoms with Crippen molar-refractivity contribution in [2.45, 2.75) is 19.4 Å². The lowest BCUT2D eigenvalue weighted by Gasteiger charge is -2.16. The summed E-state index contributed by atoms with van der Waals surface area (Å²) < 4.78 is 0. The topological polar surface area (TPSA) is 116 Å². The molecule has 1 rings (SSSR count). The Morgan fingerprint density at radius 3 is 2.50 bits per heavy atom. The van der Waals surface area contributed by atoms with Gasteiger partial charge in [0.05, 0.1) is 11.5 Å². The number of urea groups is 1. The van der Waals surface area contributed by atoms with E-state index in [0.717, 1.165) is 16.7 Å². The SMILES string of the molecule is CC1(C)NC(=O)N(CCNC(=O)CSCC(=O)O)C1=O. The Bertz CT molecular complexity index is 438. The van der Waals surface area contributed by atoms with E-state index >= 15 is 0 Å². The van der Waals surface area contributed by atoms with E-state index in [0.29, 0.717) is 0 Å². The fourth-order valence-corrected chi connectivity index (χ4v) is 2.17. The highest BCUT2D eigenvalue weighted by atomic mass is 32.2. The number of hydrogen-bond acceptors (Lipinski definition) is 5. The lowest BCUT2D eigenvalue weighted by molar-refractivity contribution is -0.134. The zero-order valence-corrected chi connectivity index (χ0v) is 12.1. The van der Waals surface area contributed by atoms with Crippen molar-refractivity contribution in [2.24, 2.45) is 0 Å². The van der Waals surface area contributed by atoms with Gasteiger partial charge >= 0.3 is 12.0 Å². The molecule has 112 valence electrons. The van der Waals surface area contributed by atoms with Crippen molar-refractivity contribution in [2.75, 3.05) is 24.6 Å². The Balaban J connectivity index is 2.27. The molecule has 0 bridgehead atoms. The summed E-state index contributed by atoms with van der Waals surface area (Å²) in [6.45, 7) is 3.44. The summed E-state index contributed by atoms with van der Waals surface area (Å²) in [6.07, 6.45) is 0. The number of carboxylic acid groups (broad SMARTS) is 1. The summed E-state index contributed by atoms with van der Waals surface area (Å²) in [6, 6.07) is -0.477. The molecular weight excluding hydrogens is 286 g/mol. The van der Waals surface area contributed by atoms with Gasteiger partial charge in [-0.1, -0.05) is 0 Å². The molecule has 0 spiro atoms. The third kappa shape index (κ3) is 4.41. The molecule has 1 saturated heterocycles. The third-order valence-electron chi connectivity index (χ3n) is 2.56. The van der Waals surface area contributed by atoms with Crippen molar-refractivity contribution in [3.63, 3.8) is 0 Å². The first-order valence-corrected chi connectivity index (χ1v) is 7.10. The fourth-order valence-electron chi connectivity index (χ4n) is 1.61. The third-order valence-corrected chi connectivity index (χ3v) is 3.48. The maximum atomic E-state index is 11.8. The number of carbonyl (C=O) groups is 4. The van der Waals surface area contributed by atoms with E-state index in [1.54, 1.807) is 13.8 Å². The molecular formula is C11H17N3O5S. The van der Waals surface area contributed by atoms with Gasteiger partial charge in [-0.15, -0.1) is 11.8 Å².